The molecule has 64 heavy (non-hydrogen) atoms. The van der Waals surface area contributed by atoms with Gasteiger partial charge in [-0.2, -0.15) is 0 Å². The summed E-state index contributed by atoms with van der Waals surface area (Å²) in [7, 11) is 0. The zero-order valence-corrected chi connectivity index (χ0v) is 42.7. The number of hydrogen-bond donors (Lipinski definition) is 3. The molecule has 0 spiro atoms. The molecule has 0 bridgehead atoms. The minimum Gasteiger partial charge on any atom is -0.462 e. The molecule has 0 aliphatic heterocycles. The zero-order chi connectivity index (χ0) is 46.7. The van der Waals surface area contributed by atoms with E-state index in [1.165, 1.54) is 154 Å². The Morgan fingerprint density at radius 3 is 1.25 bits per heavy atom. The number of aliphatic hydroxyl groups excluding tert-OH is 2. The zero-order valence-electron chi connectivity index (χ0n) is 42.7. The van der Waals surface area contributed by atoms with Crippen molar-refractivity contribution in [3.63, 3.8) is 0 Å². The molecule has 1 amide bonds. The van der Waals surface area contributed by atoms with Gasteiger partial charge in [0.05, 0.1) is 25.2 Å². The normalized spacial score (nSPS) is 13.5. The Hall–Kier alpha value is -2.18. The van der Waals surface area contributed by atoms with Crippen LogP contribution in [0, 0.1) is 0 Å². The summed E-state index contributed by atoms with van der Waals surface area (Å²) < 4.78 is 5.93. The van der Waals surface area contributed by atoms with E-state index in [0.717, 1.165) is 83.5 Å². The highest BCUT2D eigenvalue weighted by atomic mass is 16.5. The maximum Gasteiger partial charge on any atom is 0.306 e. The monoisotopic (exact) mass is 898 g/mol. The van der Waals surface area contributed by atoms with Crippen LogP contribution in [-0.2, 0) is 14.3 Å². The Morgan fingerprint density at radius 1 is 0.453 bits per heavy atom. The molecule has 374 valence electrons. The number of rotatable bonds is 50. The Morgan fingerprint density at radius 2 is 0.812 bits per heavy atom. The van der Waals surface area contributed by atoms with Crippen LogP contribution in [0.1, 0.15) is 284 Å². The molecular formula is C58H107NO5. The second kappa shape index (κ2) is 51.8. The highest BCUT2D eigenvalue weighted by Gasteiger charge is 2.24. The van der Waals surface area contributed by atoms with Crippen LogP contribution in [0.25, 0.3) is 0 Å². The van der Waals surface area contributed by atoms with Crippen LogP contribution in [-0.4, -0.2) is 46.9 Å². The second-order valence-corrected chi connectivity index (χ2v) is 19.0. The number of ether oxygens (including phenoxy) is 1. The van der Waals surface area contributed by atoms with Crippen molar-refractivity contribution in [2.45, 2.75) is 302 Å². The van der Waals surface area contributed by atoms with Gasteiger partial charge in [-0.25, -0.2) is 0 Å². The van der Waals surface area contributed by atoms with Crippen molar-refractivity contribution in [1.82, 2.24) is 5.32 Å². The highest BCUT2D eigenvalue weighted by Crippen LogP contribution is 2.18. The van der Waals surface area contributed by atoms with Crippen LogP contribution in [0.4, 0.5) is 0 Å². The predicted octanol–water partition coefficient (Wildman–Crippen LogP) is 17.0. The number of nitrogens with one attached hydrogen (secondary N) is 1. The first-order valence-corrected chi connectivity index (χ1v) is 27.9. The maximum absolute atomic E-state index is 13.2. The largest absolute Gasteiger partial charge is 0.462 e. The van der Waals surface area contributed by atoms with Gasteiger partial charge < -0.3 is 20.3 Å². The van der Waals surface area contributed by atoms with Gasteiger partial charge in [0.2, 0.25) is 5.91 Å². The van der Waals surface area contributed by atoms with Crippen molar-refractivity contribution in [2.75, 3.05) is 6.61 Å². The average molecular weight is 898 g/mol. The summed E-state index contributed by atoms with van der Waals surface area (Å²) in [6, 6.07) is -0.716. The van der Waals surface area contributed by atoms with E-state index in [1.54, 1.807) is 0 Å². The number of aliphatic hydroxyl groups is 2. The van der Waals surface area contributed by atoms with Gasteiger partial charge in [0.1, 0.15) is 6.10 Å². The predicted molar refractivity (Wildman–Crippen MR) is 278 cm³/mol. The van der Waals surface area contributed by atoms with E-state index < -0.39 is 18.2 Å². The average Bonchev–Trinajstić information content (AvgIpc) is 3.29. The molecule has 0 aliphatic rings. The minimum absolute atomic E-state index is 0.0500. The first-order chi connectivity index (χ1) is 31.5. The van der Waals surface area contributed by atoms with E-state index >= 15 is 0 Å². The molecule has 0 fully saturated rings. The molecule has 6 nitrogen and oxygen atoms in total. The van der Waals surface area contributed by atoms with Gasteiger partial charge in [-0.05, 0) is 77.0 Å². The van der Waals surface area contributed by atoms with Crippen molar-refractivity contribution in [3.8, 4) is 0 Å². The molecule has 0 aromatic carbocycles. The number of unbranched alkanes of at least 4 members (excludes halogenated alkanes) is 32. The van der Waals surface area contributed by atoms with Gasteiger partial charge in [-0.3, -0.25) is 9.59 Å². The molecular weight excluding hydrogens is 791 g/mol. The van der Waals surface area contributed by atoms with E-state index in [0.29, 0.717) is 19.3 Å². The molecule has 3 unspecified atom stereocenters. The fourth-order valence-electron chi connectivity index (χ4n) is 8.43. The second-order valence-electron chi connectivity index (χ2n) is 19.0. The summed E-state index contributed by atoms with van der Waals surface area (Å²) in [5.74, 6) is -0.518. The van der Waals surface area contributed by atoms with Crippen LogP contribution in [0.2, 0.25) is 0 Å². The van der Waals surface area contributed by atoms with Gasteiger partial charge in [-0.15, -0.1) is 0 Å². The first-order valence-electron chi connectivity index (χ1n) is 27.9. The van der Waals surface area contributed by atoms with E-state index in [4.69, 9.17) is 4.74 Å². The lowest BCUT2D eigenvalue weighted by Gasteiger charge is -2.24. The van der Waals surface area contributed by atoms with Crippen molar-refractivity contribution >= 4 is 11.9 Å². The maximum atomic E-state index is 13.2. The van der Waals surface area contributed by atoms with Crippen molar-refractivity contribution in [1.29, 1.82) is 0 Å². The number of amides is 1. The molecule has 0 rings (SSSR count). The third-order valence-corrected chi connectivity index (χ3v) is 12.7. The molecule has 0 aromatic rings. The molecule has 0 aromatic heterocycles. The molecule has 0 saturated heterocycles. The number of hydrogen-bond acceptors (Lipinski definition) is 5. The van der Waals surface area contributed by atoms with E-state index in [2.05, 4.69) is 74.7 Å². The smallest absolute Gasteiger partial charge is 0.306 e. The summed E-state index contributed by atoms with van der Waals surface area (Å²) in [5.41, 5.74) is 0. The third-order valence-electron chi connectivity index (χ3n) is 12.7. The van der Waals surface area contributed by atoms with Crippen LogP contribution >= 0.6 is 0 Å². The summed E-state index contributed by atoms with van der Waals surface area (Å²) in [6.07, 6.45) is 63.1. The Labute approximate surface area is 397 Å². The summed E-state index contributed by atoms with van der Waals surface area (Å²) >= 11 is 0. The fraction of sp³-hybridized carbons (Fsp3) is 0.828. The lowest BCUT2D eigenvalue weighted by molar-refractivity contribution is -0.151. The van der Waals surface area contributed by atoms with Crippen molar-refractivity contribution in [2.24, 2.45) is 0 Å². The third kappa shape index (κ3) is 46.4. The lowest BCUT2D eigenvalue weighted by Crippen LogP contribution is -2.46. The fourth-order valence-corrected chi connectivity index (χ4v) is 8.43. The van der Waals surface area contributed by atoms with E-state index in [-0.39, 0.29) is 24.9 Å². The van der Waals surface area contributed by atoms with Gasteiger partial charge in [0.25, 0.3) is 0 Å². The van der Waals surface area contributed by atoms with E-state index in [9.17, 15) is 19.8 Å². The summed E-state index contributed by atoms with van der Waals surface area (Å²) in [6.45, 7) is 6.47. The first kappa shape index (κ1) is 61.8. The van der Waals surface area contributed by atoms with Crippen molar-refractivity contribution in [3.05, 3.63) is 48.6 Å². The van der Waals surface area contributed by atoms with Crippen LogP contribution in [0.3, 0.4) is 0 Å². The SMILES string of the molecule is CCCCCCC/C=C/C=C/C=C/CCCCCC(CC(=O)NC(CO)C(O)CCCCCCCCCCCCCCCCC)OC(=O)CCCCC/C=C\CCCCCCCCC. The number of allylic oxidation sites excluding steroid dienone is 8. The lowest BCUT2D eigenvalue weighted by atomic mass is 10.0. The van der Waals surface area contributed by atoms with Gasteiger partial charge in [-0.1, -0.05) is 243 Å². The number of carbonyl (C=O) groups is 2. The standard InChI is InChI=1S/C58H107NO5/c1-4-7-10-13-16-19-22-25-28-30-31-34-37-40-43-46-49-54(64-58(63)51-48-45-42-39-36-33-27-24-21-18-15-12-9-6-3)52-57(62)59-55(53-60)56(61)50-47-44-41-38-35-32-29-26-23-20-17-14-11-8-5-2/h22,25,28,30-31,33-34,36,54-56,60-61H,4-21,23-24,26-27,29,32,35,37-53H2,1-3H3,(H,59,62)/b25-22+,30-28+,34-31+,36-33-. The number of carbonyl (C=O) groups excluding carboxylic acids is 2. The topological polar surface area (TPSA) is 95.9 Å². The van der Waals surface area contributed by atoms with Crippen LogP contribution in [0.15, 0.2) is 48.6 Å². The molecule has 6 heteroatoms. The van der Waals surface area contributed by atoms with Crippen LogP contribution in [0.5, 0.6) is 0 Å². The molecule has 3 atom stereocenters. The van der Waals surface area contributed by atoms with Crippen molar-refractivity contribution < 1.29 is 24.5 Å². The molecule has 0 aliphatic carbocycles. The Bertz CT molecular complexity index is 1100. The molecule has 0 radical (unpaired) electrons. The quantitative estimate of drug-likeness (QED) is 0.0245. The molecule has 3 N–H and O–H groups in total. The highest BCUT2D eigenvalue weighted by molar-refractivity contribution is 5.77. The Kier molecular flexibility index (Phi) is 50.0. The number of esters is 1. The summed E-state index contributed by atoms with van der Waals surface area (Å²) in [5, 5.41) is 23.8. The van der Waals surface area contributed by atoms with Gasteiger partial charge >= 0.3 is 5.97 Å². The van der Waals surface area contributed by atoms with Crippen LogP contribution < -0.4 is 5.32 Å². The minimum atomic E-state index is -0.800. The molecule has 0 saturated carbocycles. The summed E-state index contributed by atoms with van der Waals surface area (Å²) in [4.78, 5) is 26.2. The van der Waals surface area contributed by atoms with Gasteiger partial charge in [0.15, 0.2) is 0 Å². The Balaban J connectivity index is 4.64. The van der Waals surface area contributed by atoms with E-state index in [1.807, 2.05) is 0 Å². The van der Waals surface area contributed by atoms with Gasteiger partial charge in [0, 0.05) is 6.42 Å². The molecule has 0 heterocycles.